The van der Waals surface area contributed by atoms with Crippen LogP contribution in [0.3, 0.4) is 0 Å². The average Bonchev–Trinajstić information content (AvgIpc) is 3.33. The van der Waals surface area contributed by atoms with Crippen molar-refractivity contribution in [1.29, 1.82) is 0 Å². The van der Waals surface area contributed by atoms with Gasteiger partial charge in [0.1, 0.15) is 12.3 Å². The van der Waals surface area contributed by atoms with Crippen molar-refractivity contribution < 1.29 is 33.0 Å². The van der Waals surface area contributed by atoms with Crippen LogP contribution in [0.25, 0.3) is 23.1 Å². The predicted octanol–water partition coefficient (Wildman–Crippen LogP) is 6.48. The fourth-order valence-corrected chi connectivity index (χ4v) is 4.66. The van der Waals surface area contributed by atoms with Gasteiger partial charge in [0.2, 0.25) is 11.7 Å². The Bertz CT molecular complexity index is 1550. The molecular weight excluding hydrogens is 542 g/mol. The summed E-state index contributed by atoms with van der Waals surface area (Å²) in [6.07, 6.45) is 8.86. The lowest BCUT2D eigenvalue weighted by atomic mass is 10.0. The molecule has 0 atom stereocenters. The fraction of sp³-hybridized carbons (Fsp3) is 0.273. The number of fused-ring (bicyclic) bond motifs is 1. The van der Waals surface area contributed by atoms with Crippen molar-refractivity contribution in [2.75, 3.05) is 20.3 Å². The summed E-state index contributed by atoms with van der Waals surface area (Å²) in [6, 6.07) is 17.3. The number of carbonyl (C=O) groups is 2. The maximum Gasteiger partial charge on any atom is 0.323 e. The van der Waals surface area contributed by atoms with Gasteiger partial charge in [0, 0.05) is 25.1 Å². The standard InChI is InChI=1S/C33H34F2N2O5/c1-36-30(38)12-5-8-25-21-37(22-31(39)40)33-24(7-4-9-27(25)33)16-13-23-14-17-26(18-15-23)41-19-2-3-20-42-29-11-6-10-28(34)32(29)35/h4,6-7,9-11,13-18,21H,2-3,5,8,12,19-20,22H2,1H3,(H,36,38)(H,39,40). The summed E-state index contributed by atoms with van der Waals surface area (Å²) in [4.78, 5) is 23.2. The molecule has 1 aromatic heterocycles. The minimum absolute atomic E-state index is 0.0191. The van der Waals surface area contributed by atoms with E-state index in [0.29, 0.717) is 44.5 Å². The summed E-state index contributed by atoms with van der Waals surface area (Å²) in [5, 5.41) is 13.1. The molecule has 9 heteroatoms. The van der Waals surface area contributed by atoms with Crippen LogP contribution < -0.4 is 14.8 Å². The number of aryl methyl sites for hydroxylation is 1. The highest BCUT2D eigenvalue weighted by Gasteiger charge is 2.14. The first-order chi connectivity index (χ1) is 20.4. The quantitative estimate of drug-likeness (QED) is 0.125. The second-order valence-corrected chi connectivity index (χ2v) is 9.80. The predicted molar refractivity (Wildman–Crippen MR) is 159 cm³/mol. The van der Waals surface area contributed by atoms with Crippen molar-refractivity contribution in [2.45, 2.75) is 38.6 Å². The number of unbranched alkanes of at least 4 members (excludes halogenated alkanes) is 1. The smallest absolute Gasteiger partial charge is 0.323 e. The first-order valence-electron chi connectivity index (χ1n) is 13.9. The van der Waals surface area contributed by atoms with Gasteiger partial charge in [0.25, 0.3) is 0 Å². The Morgan fingerprint density at radius 1 is 0.929 bits per heavy atom. The normalized spacial score (nSPS) is 11.2. The van der Waals surface area contributed by atoms with E-state index in [1.54, 1.807) is 11.6 Å². The molecule has 0 aliphatic heterocycles. The molecule has 0 saturated heterocycles. The molecule has 0 bridgehead atoms. The number of benzene rings is 3. The van der Waals surface area contributed by atoms with E-state index >= 15 is 0 Å². The number of aromatic nitrogens is 1. The Morgan fingerprint density at radius 3 is 2.40 bits per heavy atom. The van der Waals surface area contributed by atoms with Gasteiger partial charge in [-0.2, -0.15) is 4.39 Å². The molecule has 4 aromatic rings. The zero-order chi connectivity index (χ0) is 29.9. The van der Waals surface area contributed by atoms with Crippen LogP contribution in [0.4, 0.5) is 8.78 Å². The third-order valence-corrected chi connectivity index (χ3v) is 6.76. The highest BCUT2D eigenvalue weighted by Crippen LogP contribution is 2.28. The maximum atomic E-state index is 13.6. The number of aliphatic carboxylic acids is 1. The Hall–Kier alpha value is -4.66. The monoisotopic (exact) mass is 576 g/mol. The molecule has 0 aliphatic rings. The number of nitrogens with one attached hydrogen (secondary N) is 1. The van der Waals surface area contributed by atoms with E-state index in [1.165, 1.54) is 12.1 Å². The van der Waals surface area contributed by atoms with Crippen molar-refractivity contribution in [3.63, 3.8) is 0 Å². The first kappa shape index (κ1) is 30.3. The molecule has 4 rings (SSSR count). The molecule has 0 radical (unpaired) electrons. The van der Waals surface area contributed by atoms with E-state index in [-0.39, 0.29) is 24.8 Å². The molecular formula is C33H34F2N2O5. The zero-order valence-corrected chi connectivity index (χ0v) is 23.4. The third kappa shape index (κ3) is 8.19. The summed E-state index contributed by atoms with van der Waals surface area (Å²) in [5.74, 6) is -2.24. The Labute approximate surface area is 243 Å². The second kappa shape index (κ2) is 14.8. The lowest BCUT2D eigenvalue weighted by molar-refractivity contribution is -0.137. The van der Waals surface area contributed by atoms with Gasteiger partial charge >= 0.3 is 5.97 Å². The van der Waals surface area contributed by atoms with Gasteiger partial charge in [-0.15, -0.1) is 0 Å². The maximum absolute atomic E-state index is 13.6. The van der Waals surface area contributed by atoms with Crippen molar-refractivity contribution in [3.05, 3.63) is 95.2 Å². The number of nitrogens with zero attached hydrogens (tertiary/aromatic N) is 1. The first-order valence-corrected chi connectivity index (χ1v) is 13.9. The van der Waals surface area contributed by atoms with Crippen LogP contribution in [-0.4, -0.2) is 41.8 Å². The fourth-order valence-electron chi connectivity index (χ4n) is 4.66. The molecule has 0 aliphatic carbocycles. The summed E-state index contributed by atoms with van der Waals surface area (Å²) >= 11 is 0. The van der Waals surface area contributed by atoms with Gasteiger partial charge in [0.05, 0.1) is 18.7 Å². The summed E-state index contributed by atoms with van der Waals surface area (Å²) in [7, 11) is 1.61. The number of carboxylic acid groups (broad SMARTS) is 1. The molecule has 0 saturated carbocycles. The lowest BCUT2D eigenvalue weighted by Crippen LogP contribution is -2.17. The number of amides is 1. The number of para-hydroxylation sites is 1. The third-order valence-electron chi connectivity index (χ3n) is 6.76. The van der Waals surface area contributed by atoms with E-state index in [4.69, 9.17) is 9.47 Å². The Balaban J connectivity index is 1.34. The number of hydrogen-bond donors (Lipinski definition) is 2. The summed E-state index contributed by atoms with van der Waals surface area (Å²) < 4.78 is 39.7. The molecule has 1 heterocycles. The average molecular weight is 577 g/mol. The van der Waals surface area contributed by atoms with Gasteiger partial charge in [0.15, 0.2) is 11.6 Å². The number of carboxylic acids is 1. The summed E-state index contributed by atoms with van der Waals surface area (Å²) in [6.45, 7) is 0.558. The molecule has 1 amide bonds. The number of halogens is 2. The van der Waals surface area contributed by atoms with Crippen LogP contribution in [0.15, 0.2) is 66.9 Å². The van der Waals surface area contributed by atoms with Crippen LogP contribution in [0.1, 0.15) is 42.4 Å². The Morgan fingerprint density at radius 2 is 1.67 bits per heavy atom. The van der Waals surface area contributed by atoms with Crippen molar-refractivity contribution in [1.82, 2.24) is 9.88 Å². The van der Waals surface area contributed by atoms with E-state index in [0.717, 1.165) is 33.7 Å². The topological polar surface area (TPSA) is 89.8 Å². The molecule has 0 spiro atoms. The van der Waals surface area contributed by atoms with Gasteiger partial charge in [-0.3, -0.25) is 9.59 Å². The summed E-state index contributed by atoms with van der Waals surface area (Å²) in [5.41, 5.74) is 3.70. The molecule has 0 unspecified atom stereocenters. The molecule has 42 heavy (non-hydrogen) atoms. The minimum Gasteiger partial charge on any atom is -0.494 e. The van der Waals surface area contributed by atoms with E-state index in [1.807, 2.05) is 60.8 Å². The van der Waals surface area contributed by atoms with Gasteiger partial charge < -0.3 is 24.5 Å². The van der Waals surface area contributed by atoms with Crippen LogP contribution in [0, 0.1) is 11.6 Å². The van der Waals surface area contributed by atoms with Gasteiger partial charge in [-0.25, -0.2) is 4.39 Å². The zero-order valence-electron chi connectivity index (χ0n) is 23.4. The minimum atomic E-state index is -0.979. The number of hydrogen-bond acceptors (Lipinski definition) is 4. The van der Waals surface area contributed by atoms with Crippen molar-refractivity contribution >= 4 is 34.9 Å². The van der Waals surface area contributed by atoms with E-state index in [2.05, 4.69) is 5.32 Å². The van der Waals surface area contributed by atoms with Crippen molar-refractivity contribution in [2.24, 2.45) is 0 Å². The SMILES string of the molecule is CNC(=O)CCCc1cn(CC(=O)O)c2c(C=Cc3ccc(OCCCCOc4cccc(F)c4F)cc3)cccc12. The van der Waals surface area contributed by atoms with Crippen LogP contribution in [-0.2, 0) is 22.6 Å². The molecule has 0 fully saturated rings. The molecule has 220 valence electrons. The molecule has 7 nitrogen and oxygen atoms in total. The van der Waals surface area contributed by atoms with Gasteiger partial charge in [-0.05, 0) is 66.6 Å². The Kier molecular flexibility index (Phi) is 10.7. The number of rotatable bonds is 15. The largest absolute Gasteiger partial charge is 0.494 e. The van der Waals surface area contributed by atoms with E-state index in [9.17, 15) is 23.5 Å². The molecule has 2 N–H and O–H groups in total. The highest BCUT2D eigenvalue weighted by atomic mass is 19.2. The second-order valence-electron chi connectivity index (χ2n) is 9.80. The van der Waals surface area contributed by atoms with E-state index < -0.39 is 17.6 Å². The van der Waals surface area contributed by atoms with Crippen molar-refractivity contribution in [3.8, 4) is 11.5 Å². The highest BCUT2D eigenvalue weighted by molar-refractivity contribution is 5.94. The number of carbonyl (C=O) groups excluding carboxylic acids is 1. The molecule has 3 aromatic carbocycles. The van der Waals surface area contributed by atoms with Crippen LogP contribution in [0.5, 0.6) is 11.5 Å². The van der Waals surface area contributed by atoms with Crippen LogP contribution >= 0.6 is 0 Å². The van der Waals surface area contributed by atoms with Crippen LogP contribution in [0.2, 0.25) is 0 Å². The lowest BCUT2D eigenvalue weighted by Gasteiger charge is -2.09. The number of ether oxygens (including phenoxy) is 2. The van der Waals surface area contributed by atoms with Gasteiger partial charge in [-0.1, -0.05) is 48.6 Å².